The fraction of sp³-hybridized carbons (Fsp3) is 0.435. The molecule has 2 aliphatic rings. The predicted octanol–water partition coefficient (Wildman–Crippen LogP) is 2.37. The van der Waals surface area contributed by atoms with Gasteiger partial charge in [0.05, 0.1) is 7.11 Å². The zero-order valence-electron chi connectivity index (χ0n) is 17.4. The molecule has 0 aromatic heterocycles. The second-order valence-electron chi connectivity index (χ2n) is 8.13. The molecule has 160 valence electrons. The maximum atomic E-state index is 14.1. The Morgan fingerprint density at radius 3 is 2.40 bits per heavy atom. The highest BCUT2D eigenvalue weighted by Gasteiger charge is 2.49. The summed E-state index contributed by atoms with van der Waals surface area (Å²) in [5.41, 5.74) is 2.01. The molecule has 1 amide bonds. The molecule has 2 aromatic rings. The molecule has 1 N–H and O–H groups in total. The van der Waals surface area contributed by atoms with E-state index in [1.165, 1.54) is 24.3 Å². The van der Waals surface area contributed by atoms with Gasteiger partial charge in [0.15, 0.2) is 11.6 Å². The SMILES string of the molecule is COc1c(F)cc(F)cc1CN(C)C(=O)C1(N2CCNCC2)Cc2ccccc2C1. The molecule has 7 heteroatoms. The lowest BCUT2D eigenvalue weighted by Crippen LogP contribution is -2.63. The summed E-state index contributed by atoms with van der Waals surface area (Å²) in [5.74, 6) is -1.51. The van der Waals surface area contributed by atoms with Crippen LogP contribution in [0.1, 0.15) is 16.7 Å². The molecule has 2 aromatic carbocycles. The van der Waals surface area contributed by atoms with Crippen LogP contribution in [0.15, 0.2) is 36.4 Å². The number of carbonyl (C=O) groups is 1. The lowest BCUT2D eigenvalue weighted by atomic mass is 9.90. The van der Waals surface area contributed by atoms with Gasteiger partial charge in [0, 0.05) is 64.2 Å². The summed E-state index contributed by atoms with van der Waals surface area (Å²) in [6.07, 6.45) is 1.28. The van der Waals surface area contributed by atoms with Crippen LogP contribution in [0, 0.1) is 11.6 Å². The van der Waals surface area contributed by atoms with Crippen LogP contribution in [0.3, 0.4) is 0 Å². The smallest absolute Gasteiger partial charge is 0.243 e. The van der Waals surface area contributed by atoms with Crippen LogP contribution in [0.5, 0.6) is 5.75 Å². The standard InChI is InChI=1S/C23H27F2N3O2/c1-27(15-18-11-19(24)12-20(25)21(18)30-2)22(29)23(28-9-7-26-8-10-28)13-16-5-3-4-6-17(16)14-23/h3-6,11-12,26H,7-10,13-15H2,1-2H3. The normalized spacial score (nSPS) is 18.1. The van der Waals surface area contributed by atoms with Crippen molar-refractivity contribution in [2.45, 2.75) is 24.9 Å². The van der Waals surface area contributed by atoms with E-state index in [9.17, 15) is 13.6 Å². The number of methoxy groups -OCH3 is 1. The second kappa shape index (κ2) is 8.32. The van der Waals surface area contributed by atoms with Gasteiger partial charge in [-0.2, -0.15) is 0 Å². The van der Waals surface area contributed by atoms with Gasteiger partial charge in [0.25, 0.3) is 0 Å². The number of nitrogens with one attached hydrogen (secondary N) is 1. The molecule has 0 radical (unpaired) electrons. The van der Waals surface area contributed by atoms with E-state index in [1.807, 2.05) is 12.1 Å². The van der Waals surface area contributed by atoms with Crippen LogP contribution in [0.2, 0.25) is 0 Å². The average Bonchev–Trinajstić information content (AvgIpc) is 3.14. The van der Waals surface area contributed by atoms with Crippen molar-refractivity contribution in [3.63, 3.8) is 0 Å². The summed E-state index contributed by atoms with van der Waals surface area (Å²) < 4.78 is 33.1. The minimum absolute atomic E-state index is 0.0259. The van der Waals surface area contributed by atoms with E-state index < -0.39 is 17.2 Å². The molecule has 1 aliphatic heterocycles. The summed E-state index contributed by atoms with van der Waals surface area (Å²) in [7, 11) is 3.04. The quantitative estimate of drug-likeness (QED) is 0.815. The monoisotopic (exact) mass is 415 g/mol. The number of piperazine rings is 1. The van der Waals surface area contributed by atoms with Crippen molar-refractivity contribution in [1.29, 1.82) is 0 Å². The molecule has 1 fully saturated rings. The predicted molar refractivity (Wildman–Crippen MR) is 110 cm³/mol. The number of hydrogen-bond donors (Lipinski definition) is 1. The first kappa shape index (κ1) is 20.8. The number of halogens is 2. The number of ether oxygens (including phenoxy) is 1. The highest BCUT2D eigenvalue weighted by Crippen LogP contribution is 2.37. The van der Waals surface area contributed by atoms with Crippen LogP contribution in [-0.2, 0) is 24.2 Å². The molecule has 0 spiro atoms. The molecule has 5 nitrogen and oxygen atoms in total. The molecule has 0 saturated carbocycles. The number of amides is 1. The van der Waals surface area contributed by atoms with Crippen LogP contribution >= 0.6 is 0 Å². The minimum atomic E-state index is -0.765. The van der Waals surface area contributed by atoms with E-state index in [0.717, 1.165) is 32.2 Å². The Bertz CT molecular complexity index is 919. The summed E-state index contributed by atoms with van der Waals surface area (Å²) in [6, 6.07) is 10.2. The number of hydrogen-bond acceptors (Lipinski definition) is 4. The van der Waals surface area contributed by atoms with E-state index in [0.29, 0.717) is 18.4 Å². The molecule has 1 aliphatic carbocycles. The van der Waals surface area contributed by atoms with E-state index >= 15 is 0 Å². The molecule has 1 saturated heterocycles. The van der Waals surface area contributed by atoms with Crippen LogP contribution in [-0.4, -0.2) is 61.6 Å². The van der Waals surface area contributed by atoms with E-state index in [4.69, 9.17) is 4.74 Å². The van der Waals surface area contributed by atoms with Gasteiger partial charge in [0.1, 0.15) is 11.4 Å². The van der Waals surface area contributed by atoms with Crippen LogP contribution in [0.25, 0.3) is 0 Å². The van der Waals surface area contributed by atoms with Gasteiger partial charge in [-0.15, -0.1) is 0 Å². The highest BCUT2D eigenvalue weighted by molar-refractivity contribution is 5.88. The molecule has 1 heterocycles. The van der Waals surface area contributed by atoms with Gasteiger partial charge in [0.2, 0.25) is 5.91 Å². The number of likely N-dealkylation sites (N-methyl/N-ethyl adjacent to an activating group) is 1. The first-order valence-electron chi connectivity index (χ1n) is 10.2. The van der Waals surface area contributed by atoms with Gasteiger partial charge < -0.3 is 15.0 Å². The van der Waals surface area contributed by atoms with Crippen molar-refractivity contribution in [1.82, 2.24) is 15.1 Å². The van der Waals surface area contributed by atoms with Gasteiger partial charge in [-0.3, -0.25) is 9.69 Å². The van der Waals surface area contributed by atoms with E-state index in [-0.39, 0.29) is 18.2 Å². The zero-order valence-corrected chi connectivity index (χ0v) is 17.4. The Morgan fingerprint density at radius 2 is 1.80 bits per heavy atom. The van der Waals surface area contributed by atoms with Gasteiger partial charge in [-0.1, -0.05) is 24.3 Å². The lowest BCUT2D eigenvalue weighted by molar-refractivity contribution is -0.144. The second-order valence-corrected chi connectivity index (χ2v) is 8.13. The van der Waals surface area contributed by atoms with Crippen LogP contribution < -0.4 is 10.1 Å². The number of fused-ring (bicyclic) bond motifs is 1. The summed E-state index contributed by atoms with van der Waals surface area (Å²) in [6.45, 7) is 3.30. The van der Waals surface area contributed by atoms with Gasteiger partial charge >= 0.3 is 0 Å². The zero-order chi connectivity index (χ0) is 21.3. The Labute approximate surface area is 175 Å². The highest BCUT2D eigenvalue weighted by atomic mass is 19.1. The van der Waals surface area contributed by atoms with E-state index in [1.54, 1.807) is 11.9 Å². The maximum Gasteiger partial charge on any atom is 0.243 e. The van der Waals surface area contributed by atoms with Crippen molar-refractivity contribution in [3.8, 4) is 5.75 Å². The Kier molecular flexibility index (Phi) is 5.75. The molecule has 0 atom stereocenters. The number of carbonyl (C=O) groups excluding carboxylic acids is 1. The van der Waals surface area contributed by atoms with Crippen molar-refractivity contribution >= 4 is 5.91 Å². The average molecular weight is 415 g/mol. The third kappa shape index (κ3) is 3.68. The third-order valence-corrected chi connectivity index (χ3v) is 6.25. The fourth-order valence-electron chi connectivity index (χ4n) is 4.84. The Hall–Kier alpha value is -2.51. The molecule has 30 heavy (non-hydrogen) atoms. The third-order valence-electron chi connectivity index (χ3n) is 6.25. The number of benzene rings is 2. The molecule has 0 bridgehead atoms. The molecule has 4 rings (SSSR count). The summed E-state index contributed by atoms with van der Waals surface area (Å²) >= 11 is 0. The summed E-state index contributed by atoms with van der Waals surface area (Å²) in [5, 5.41) is 3.35. The minimum Gasteiger partial charge on any atom is -0.493 e. The Morgan fingerprint density at radius 1 is 1.17 bits per heavy atom. The van der Waals surface area contributed by atoms with Crippen LogP contribution in [0.4, 0.5) is 8.78 Å². The number of rotatable bonds is 5. The van der Waals surface area contributed by atoms with Crippen molar-refractivity contribution in [2.75, 3.05) is 40.3 Å². The van der Waals surface area contributed by atoms with Crippen molar-refractivity contribution in [2.24, 2.45) is 0 Å². The lowest BCUT2D eigenvalue weighted by Gasteiger charge is -2.44. The fourth-order valence-corrected chi connectivity index (χ4v) is 4.84. The first-order chi connectivity index (χ1) is 14.4. The summed E-state index contributed by atoms with van der Waals surface area (Å²) in [4.78, 5) is 17.7. The van der Waals surface area contributed by atoms with Crippen molar-refractivity contribution < 1.29 is 18.3 Å². The maximum absolute atomic E-state index is 14.1. The van der Waals surface area contributed by atoms with E-state index in [2.05, 4.69) is 22.3 Å². The van der Waals surface area contributed by atoms with Gasteiger partial charge in [-0.05, 0) is 17.2 Å². The first-order valence-corrected chi connectivity index (χ1v) is 10.2. The molecular formula is C23H27F2N3O2. The van der Waals surface area contributed by atoms with Crippen molar-refractivity contribution in [3.05, 3.63) is 64.7 Å². The number of nitrogens with zero attached hydrogens (tertiary/aromatic N) is 2. The molecule has 0 unspecified atom stereocenters. The topological polar surface area (TPSA) is 44.8 Å². The Balaban J connectivity index is 1.64. The van der Waals surface area contributed by atoms with Gasteiger partial charge in [-0.25, -0.2) is 8.78 Å². The molecular weight excluding hydrogens is 388 g/mol. The largest absolute Gasteiger partial charge is 0.493 e.